The standard InChI is InChI=1S/C31H28ClN3O4S/c1-3-38-26-12-8-7-11-25(26)35-27(36)19-40-30-24(17-33)29(22-13-15-23(32)16-14-22)28(20(2)34-30)31(37)39-18-21-9-5-4-6-10-21/h4-16,29,34H,3,18-19H2,1-2H3,(H,35,36)/t29-/m0/s1. The number of hydrogen-bond donors (Lipinski definition) is 2. The van der Waals surface area contributed by atoms with Crippen molar-refractivity contribution in [3.8, 4) is 11.8 Å². The Morgan fingerprint density at radius 1 is 1.05 bits per heavy atom. The van der Waals surface area contributed by atoms with Crippen molar-refractivity contribution in [2.24, 2.45) is 0 Å². The highest BCUT2D eigenvalue weighted by atomic mass is 35.5. The molecule has 1 aliphatic heterocycles. The smallest absolute Gasteiger partial charge is 0.337 e. The number of nitrogens with one attached hydrogen (secondary N) is 2. The van der Waals surface area contributed by atoms with Gasteiger partial charge >= 0.3 is 5.97 Å². The topological polar surface area (TPSA) is 100 Å². The summed E-state index contributed by atoms with van der Waals surface area (Å²) < 4.78 is 11.2. The first-order chi connectivity index (χ1) is 19.4. The van der Waals surface area contributed by atoms with E-state index in [4.69, 9.17) is 21.1 Å². The number of halogens is 1. The van der Waals surface area contributed by atoms with Crippen LogP contribution in [0.1, 0.15) is 30.9 Å². The molecule has 3 aromatic carbocycles. The third kappa shape index (κ3) is 7.06. The number of allylic oxidation sites excluding steroid dienone is 2. The third-order valence-electron chi connectivity index (χ3n) is 6.09. The van der Waals surface area contributed by atoms with Crippen molar-refractivity contribution < 1.29 is 19.1 Å². The Balaban J connectivity index is 1.58. The maximum Gasteiger partial charge on any atom is 0.337 e. The predicted molar refractivity (Wildman–Crippen MR) is 158 cm³/mol. The van der Waals surface area contributed by atoms with Crippen LogP contribution < -0.4 is 15.4 Å². The molecule has 0 unspecified atom stereocenters. The van der Waals surface area contributed by atoms with E-state index in [1.165, 1.54) is 11.8 Å². The van der Waals surface area contributed by atoms with Crippen LogP contribution in [0.4, 0.5) is 5.69 Å². The predicted octanol–water partition coefficient (Wildman–Crippen LogP) is 6.55. The van der Waals surface area contributed by atoms with Gasteiger partial charge in [-0.15, -0.1) is 0 Å². The van der Waals surface area contributed by atoms with Crippen LogP contribution in [0.15, 0.2) is 101 Å². The van der Waals surface area contributed by atoms with E-state index in [-0.39, 0.29) is 18.3 Å². The van der Waals surface area contributed by atoms with Gasteiger partial charge in [0.1, 0.15) is 12.4 Å². The number of ether oxygens (including phenoxy) is 2. The van der Waals surface area contributed by atoms with Crippen LogP contribution in [-0.4, -0.2) is 24.2 Å². The lowest BCUT2D eigenvalue weighted by molar-refractivity contribution is -0.140. The SMILES string of the molecule is CCOc1ccccc1NC(=O)CSC1=C(C#N)[C@H](c2ccc(Cl)cc2)C(C(=O)OCc2ccccc2)=C(C)N1. The normalized spacial score (nSPS) is 14.7. The molecule has 0 saturated carbocycles. The van der Waals surface area contributed by atoms with Gasteiger partial charge in [-0.1, -0.05) is 78.0 Å². The van der Waals surface area contributed by atoms with Gasteiger partial charge in [-0.2, -0.15) is 5.26 Å². The van der Waals surface area contributed by atoms with Gasteiger partial charge in [-0.05, 0) is 49.2 Å². The highest BCUT2D eigenvalue weighted by Gasteiger charge is 2.35. The summed E-state index contributed by atoms with van der Waals surface area (Å²) in [4.78, 5) is 26.2. The first-order valence-electron chi connectivity index (χ1n) is 12.6. The minimum Gasteiger partial charge on any atom is -0.492 e. The second-order valence-electron chi connectivity index (χ2n) is 8.83. The lowest BCUT2D eigenvalue weighted by Crippen LogP contribution is -2.29. The fourth-order valence-corrected chi connectivity index (χ4v) is 5.28. The van der Waals surface area contributed by atoms with Gasteiger partial charge in [0.2, 0.25) is 5.91 Å². The molecular weight excluding hydrogens is 546 g/mol. The number of esters is 1. The number of anilines is 1. The summed E-state index contributed by atoms with van der Waals surface area (Å²) in [6, 6.07) is 25.8. The van der Waals surface area contributed by atoms with E-state index in [1.807, 2.05) is 49.4 Å². The molecule has 1 heterocycles. The number of rotatable bonds is 10. The summed E-state index contributed by atoms with van der Waals surface area (Å²) in [7, 11) is 0. The Bertz CT molecular complexity index is 1480. The summed E-state index contributed by atoms with van der Waals surface area (Å²) in [6.07, 6.45) is 0. The molecule has 0 aliphatic carbocycles. The first kappa shape index (κ1) is 28.8. The Labute approximate surface area is 242 Å². The third-order valence-corrected chi connectivity index (χ3v) is 7.36. The Kier molecular flexibility index (Phi) is 9.90. The van der Waals surface area contributed by atoms with Crippen molar-refractivity contribution in [2.75, 3.05) is 17.7 Å². The van der Waals surface area contributed by atoms with Crippen LogP contribution >= 0.6 is 23.4 Å². The number of benzene rings is 3. The molecule has 204 valence electrons. The van der Waals surface area contributed by atoms with E-state index in [2.05, 4.69) is 16.7 Å². The molecule has 0 saturated heterocycles. The molecule has 40 heavy (non-hydrogen) atoms. The fraction of sp³-hybridized carbons (Fsp3) is 0.194. The molecule has 1 atom stereocenters. The van der Waals surface area contributed by atoms with Gasteiger partial charge in [0.05, 0.1) is 46.2 Å². The van der Waals surface area contributed by atoms with Crippen molar-refractivity contribution in [2.45, 2.75) is 26.4 Å². The lowest BCUT2D eigenvalue weighted by Gasteiger charge is -2.29. The number of dihydropyridines is 1. The van der Waals surface area contributed by atoms with Crippen LogP contribution in [0.25, 0.3) is 0 Å². The van der Waals surface area contributed by atoms with Gasteiger partial charge in [-0.3, -0.25) is 4.79 Å². The summed E-state index contributed by atoms with van der Waals surface area (Å²) >= 11 is 7.31. The maximum atomic E-state index is 13.4. The van der Waals surface area contributed by atoms with Crippen molar-refractivity contribution in [3.05, 3.63) is 117 Å². The number of carbonyl (C=O) groups is 2. The highest BCUT2D eigenvalue weighted by Crippen LogP contribution is 2.41. The monoisotopic (exact) mass is 573 g/mol. The molecular formula is C31H28ClN3O4S. The number of thioether (sulfide) groups is 1. The van der Waals surface area contributed by atoms with Gasteiger partial charge < -0.3 is 20.1 Å². The Hall–Kier alpha value is -4.19. The molecule has 3 aromatic rings. The molecule has 4 rings (SSSR count). The lowest BCUT2D eigenvalue weighted by atomic mass is 9.82. The molecule has 0 radical (unpaired) electrons. The van der Waals surface area contributed by atoms with Crippen molar-refractivity contribution in [1.82, 2.24) is 5.32 Å². The zero-order valence-electron chi connectivity index (χ0n) is 22.1. The van der Waals surface area contributed by atoms with Crippen LogP contribution in [0.2, 0.25) is 5.02 Å². The molecule has 0 aromatic heterocycles. The average Bonchev–Trinajstić information content (AvgIpc) is 2.96. The second kappa shape index (κ2) is 13.7. The van der Waals surface area contributed by atoms with Crippen LogP contribution in [0.3, 0.4) is 0 Å². The molecule has 1 aliphatic rings. The second-order valence-corrected chi connectivity index (χ2v) is 10.3. The van der Waals surface area contributed by atoms with E-state index in [9.17, 15) is 14.9 Å². The summed E-state index contributed by atoms with van der Waals surface area (Å²) in [6.45, 7) is 4.20. The quantitative estimate of drug-likeness (QED) is 0.265. The van der Waals surface area contributed by atoms with Gasteiger partial charge in [0.15, 0.2) is 0 Å². The van der Waals surface area contributed by atoms with Crippen LogP contribution in [0.5, 0.6) is 5.75 Å². The Morgan fingerprint density at radius 3 is 2.45 bits per heavy atom. The van der Waals surface area contributed by atoms with Crippen molar-refractivity contribution in [1.29, 1.82) is 5.26 Å². The zero-order chi connectivity index (χ0) is 28.5. The minimum atomic E-state index is -0.698. The molecule has 0 bridgehead atoms. The summed E-state index contributed by atoms with van der Waals surface area (Å²) in [5, 5.41) is 17.3. The van der Waals surface area contributed by atoms with Crippen molar-refractivity contribution >= 4 is 40.9 Å². The summed E-state index contributed by atoms with van der Waals surface area (Å²) in [5.74, 6) is -0.882. The molecule has 0 fully saturated rings. The van der Waals surface area contributed by atoms with Gasteiger partial charge in [0.25, 0.3) is 0 Å². The van der Waals surface area contributed by atoms with E-state index in [1.54, 1.807) is 43.3 Å². The number of nitrogens with zero attached hydrogens (tertiary/aromatic N) is 1. The maximum absolute atomic E-state index is 13.4. The Morgan fingerprint density at radius 2 is 1.75 bits per heavy atom. The number of amides is 1. The summed E-state index contributed by atoms with van der Waals surface area (Å²) in [5.41, 5.74) is 3.31. The molecule has 1 amide bonds. The highest BCUT2D eigenvalue weighted by molar-refractivity contribution is 8.03. The number of nitriles is 1. The van der Waals surface area contributed by atoms with Crippen LogP contribution in [0, 0.1) is 11.3 Å². The van der Waals surface area contributed by atoms with Crippen molar-refractivity contribution in [3.63, 3.8) is 0 Å². The number of para-hydroxylation sites is 2. The zero-order valence-corrected chi connectivity index (χ0v) is 23.6. The molecule has 7 nitrogen and oxygen atoms in total. The number of hydrogen-bond acceptors (Lipinski definition) is 7. The fourth-order valence-electron chi connectivity index (χ4n) is 4.26. The van der Waals surface area contributed by atoms with Gasteiger partial charge in [-0.25, -0.2) is 4.79 Å². The molecule has 9 heteroatoms. The van der Waals surface area contributed by atoms with Gasteiger partial charge in [0, 0.05) is 10.7 Å². The van der Waals surface area contributed by atoms with Crippen LogP contribution in [-0.2, 0) is 20.9 Å². The van der Waals surface area contributed by atoms with E-state index < -0.39 is 11.9 Å². The first-order valence-corrected chi connectivity index (χ1v) is 14.0. The van der Waals surface area contributed by atoms with E-state index >= 15 is 0 Å². The molecule has 2 N–H and O–H groups in total. The van der Waals surface area contributed by atoms with E-state index in [0.29, 0.717) is 50.5 Å². The number of carbonyl (C=O) groups excluding carboxylic acids is 2. The average molecular weight is 574 g/mol. The van der Waals surface area contributed by atoms with E-state index in [0.717, 1.165) is 5.56 Å². The molecule has 0 spiro atoms. The largest absolute Gasteiger partial charge is 0.492 e. The minimum absolute atomic E-state index is 0.0301.